The van der Waals surface area contributed by atoms with Crippen molar-refractivity contribution >= 4 is 22.4 Å². The van der Waals surface area contributed by atoms with Gasteiger partial charge in [0.1, 0.15) is 10.7 Å². The molecular weight excluding hydrogens is 281 g/mol. The molecule has 5 nitrogen and oxygen atoms in total. The van der Waals surface area contributed by atoms with Gasteiger partial charge < -0.3 is 5.73 Å². The van der Waals surface area contributed by atoms with Crippen LogP contribution < -0.4 is 10.5 Å². The van der Waals surface area contributed by atoms with Gasteiger partial charge in [0.05, 0.1) is 6.20 Å². The highest BCUT2D eigenvalue weighted by molar-refractivity contribution is 7.89. The Bertz CT molecular complexity index is 508. The highest BCUT2D eigenvalue weighted by Crippen LogP contribution is 2.32. The Morgan fingerprint density at radius 3 is 2.67 bits per heavy atom. The van der Waals surface area contributed by atoms with Gasteiger partial charge in [-0.1, -0.05) is 0 Å². The summed E-state index contributed by atoms with van der Waals surface area (Å²) in [7, 11) is -3.73. The van der Waals surface area contributed by atoms with E-state index in [9.17, 15) is 12.8 Å². The molecule has 1 fully saturated rings. The molecule has 18 heavy (non-hydrogen) atoms. The molecule has 0 amide bonds. The molecule has 1 saturated carbocycles. The van der Waals surface area contributed by atoms with E-state index in [1.165, 1.54) is 0 Å². The topological polar surface area (TPSA) is 85.1 Å². The molecule has 1 aliphatic carbocycles. The van der Waals surface area contributed by atoms with Crippen LogP contribution in [0.15, 0.2) is 23.4 Å². The number of nitrogens with one attached hydrogen (secondary N) is 1. The third-order valence-corrected chi connectivity index (χ3v) is 4.20. The van der Waals surface area contributed by atoms with Crippen molar-refractivity contribution in [1.29, 1.82) is 0 Å². The van der Waals surface area contributed by atoms with E-state index in [4.69, 9.17) is 5.73 Å². The second-order valence-corrected chi connectivity index (χ2v) is 5.85. The lowest BCUT2D eigenvalue weighted by molar-refractivity contribution is 0.517. The van der Waals surface area contributed by atoms with Gasteiger partial charge >= 0.3 is 0 Å². The number of rotatable bonds is 5. The fraction of sp³-hybridized carbons (Fsp3) is 0.500. The zero-order valence-corrected chi connectivity index (χ0v) is 11.2. The highest BCUT2D eigenvalue weighted by atomic mass is 35.5. The van der Waals surface area contributed by atoms with Gasteiger partial charge in [-0.15, -0.1) is 12.4 Å². The molecule has 1 aromatic heterocycles. The van der Waals surface area contributed by atoms with Crippen molar-refractivity contribution in [2.75, 3.05) is 6.54 Å². The van der Waals surface area contributed by atoms with Crippen molar-refractivity contribution in [1.82, 2.24) is 9.71 Å². The van der Waals surface area contributed by atoms with Gasteiger partial charge in [-0.3, -0.25) is 4.98 Å². The Morgan fingerprint density at radius 2 is 2.17 bits per heavy atom. The summed E-state index contributed by atoms with van der Waals surface area (Å²) >= 11 is 0. The summed E-state index contributed by atoms with van der Waals surface area (Å²) in [6.07, 6.45) is 4.03. The molecule has 1 atom stereocenters. The Hall–Kier alpha value is -0.760. The average Bonchev–Trinajstić information content (AvgIpc) is 3.10. The lowest BCUT2D eigenvalue weighted by atomic mass is 10.2. The van der Waals surface area contributed by atoms with Gasteiger partial charge in [0, 0.05) is 18.8 Å². The number of aromatic nitrogens is 1. The molecule has 1 aliphatic rings. The summed E-state index contributed by atoms with van der Waals surface area (Å²) in [5.41, 5.74) is 5.51. The first-order valence-corrected chi connectivity index (χ1v) is 6.84. The van der Waals surface area contributed by atoms with Crippen LogP contribution in [0.2, 0.25) is 0 Å². The number of halogens is 2. The van der Waals surface area contributed by atoms with Gasteiger partial charge in [0.2, 0.25) is 10.0 Å². The molecule has 0 spiro atoms. The highest BCUT2D eigenvalue weighted by Gasteiger charge is 2.33. The van der Waals surface area contributed by atoms with Crippen molar-refractivity contribution < 1.29 is 12.8 Å². The molecule has 3 N–H and O–H groups in total. The lowest BCUT2D eigenvalue weighted by Gasteiger charge is -2.15. The molecule has 1 unspecified atom stereocenters. The van der Waals surface area contributed by atoms with Crippen molar-refractivity contribution in [2.45, 2.75) is 23.8 Å². The third kappa shape index (κ3) is 3.61. The van der Waals surface area contributed by atoms with Gasteiger partial charge in [-0.2, -0.15) is 0 Å². The molecule has 2 rings (SSSR count). The molecule has 0 saturated heterocycles. The van der Waals surface area contributed by atoms with Crippen LogP contribution in [-0.2, 0) is 10.0 Å². The summed E-state index contributed by atoms with van der Waals surface area (Å²) in [6.45, 7) is 0.243. The Labute approximate surface area is 111 Å². The lowest BCUT2D eigenvalue weighted by Crippen LogP contribution is -2.41. The standard InChI is InChI=1S/C10H14FN3O2S.ClH/c11-8-3-9(6-13-5-8)17(15,16)14-10(4-12)7-1-2-7;/h3,5-7,10,14H,1-2,4,12H2;1H. The van der Waals surface area contributed by atoms with Crippen LogP contribution in [-0.4, -0.2) is 26.0 Å². The van der Waals surface area contributed by atoms with Crippen molar-refractivity contribution in [3.8, 4) is 0 Å². The molecular formula is C10H15ClFN3O2S. The van der Waals surface area contributed by atoms with Crippen molar-refractivity contribution in [3.05, 3.63) is 24.3 Å². The molecule has 0 bridgehead atoms. The maximum atomic E-state index is 12.9. The van der Waals surface area contributed by atoms with E-state index in [-0.39, 0.29) is 29.9 Å². The monoisotopic (exact) mass is 295 g/mol. The summed E-state index contributed by atoms with van der Waals surface area (Å²) in [5.74, 6) is -0.375. The van der Waals surface area contributed by atoms with E-state index in [1.54, 1.807) is 0 Å². The number of hydrogen-bond donors (Lipinski definition) is 2. The minimum atomic E-state index is -3.73. The number of sulfonamides is 1. The zero-order chi connectivity index (χ0) is 12.5. The maximum absolute atomic E-state index is 12.9. The second-order valence-electron chi connectivity index (χ2n) is 4.14. The van der Waals surface area contributed by atoms with Crippen molar-refractivity contribution in [2.24, 2.45) is 11.7 Å². The minimum absolute atomic E-state index is 0. The van der Waals surface area contributed by atoms with E-state index in [0.717, 1.165) is 31.3 Å². The molecule has 1 heterocycles. The number of pyridine rings is 1. The minimum Gasteiger partial charge on any atom is -0.329 e. The van der Waals surface area contributed by atoms with Crippen LogP contribution >= 0.6 is 12.4 Å². The van der Waals surface area contributed by atoms with Gasteiger partial charge in [0.15, 0.2) is 0 Å². The molecule has 0 aliphatic heterocycles. The molecule has 0 aromatic carbocycles. The summed E-state index contributed by atoms with van der Waals surface area (Å²) in [6, 6.07) is 0.666. The van der Waals surface area contributed by atoms with Gasteiger partial charge in [-0.05, 0) is 24.8 Å². The zero-order valence-electron chi connectivity index (χ0n) is 9.54. The average molecular weight is 296 g/mol. The maximum Gasteiger partial charge on any atom is 0.242 e. The van der Waals surface area contributed by atoms with E-state index in [2.05, 4.69) is 9.71 Å². The normalized spacial score (nSPS) is 17.0. The Morgan fingerprint density at radius 1 is 1.50 bits per heavy atom. The SMILES string of the molecule is Cl.NCC(NS(=O)(=O)c1cncc(F)c1)C1CC1. The second kappa shape index (κ2) is 5.92. The fourth-order valence-electron chi connectivity index (χ4n) is 1.64. The van der Waals surface area contributed by atoms with E-state index in [0.29, 0.717) is 5.92 Å². The summed E-state index contributed by atoms with van der Waals surface area (Å²) in [4.78, 5) is 3.35. The first kappa shape index (κ1) is 15.3. The van der Waals surface area contributed by atoms with Crippen LogP contribution in [0.3, 0.4) is 0 Å². The smallest absolute Gasteiger partial charge is 0.242 e. The predicted molar refractivity (Wildman–Crippen MR) is 67.3 cm³/mol. The van der Waals surface area contributed by atoms with Gasteiger partial charge in [0.25, 0.3) is 0 Å². The Balaban J connectivity index is 0.00000162. The van der Waals surface area contributed by atoms with Gasteiger partial charge in [-0.25, -0.2) is 17.5 Å². The molecule has 0 radical (unpaired) electrons. The largest absolute Gasteiger partial charge is 0.329 e. The quantitative estimate of drug-likeness (QED) is 0.835. The summed E-state index contributed by atoms with van der Waals surface area (Å²) in [5, 5.41) is 0. The van der Waals surface area contributed by atoms with Crippen LogP contribution in [0.1, 0.15) is 12.8 Å². The van der Waals surface area contributed by atoms with Crippen LogP contribution in [0, 0.1) is 11.7 Å². The number of hydrogen-bond acceptors (Lipinski definition) is 4. The molecule has 8 heteroatoms. The van der Waals surface area contributed by atoms with E-state index < -0.39 is 15.8 Å². The predicted octanol–water partition coefficient (Wildman–Crippen LogP) is 0.658. The first-order valence-electron chi connectivity index (χ1n) is 5.36. The third-order valence-electron chi connectivity index (χ3n) is 2.74. The Kier molecular flexibility index (Phi) is 5.03. The first-order chi connectivity index (χ1) is 8.03. The number of nitrogens with zero attached hydrogens (tertiary/aromatic N) is 1. The van der Waals surface area contributed by atoms with Crippen LogP contribution in [0.4, 0.5) is 4.39 Å². The van der Waals surface area contributed by atoms with Crippen LogP contribution in [0.5, 0.6) is 0 Å². The molecule has 102 valence electrons. The van der Waals surface area contributed by atoms with Crippen LogP contribution in [0.25, 0.3) is 0 Å². The van der Waals surface area contributed by atoms with Crippen molar-refractivity contribution in [3.63, 3.8) is 0 Å². The molecule has 1 aromatic rings. The number of nitrogens with two attached hydrogens (primary N) is 1. The summed E-state index contributed by atoms with van der Waals surface area (Å²) < 4.78 is 39.2. The van der Waals surface area contributed by atoms with E-state index in [1.807, 2.05) is 0 Å². The van der Waals surface area contributed by atoms with E-state index >= 15 is 0 Å². The fourth-order valence-corrected chi connectivity index (χ4v) is 2.93.